The van der Waals surface area contributed by atoms with Crippen LogP contribution >= 0.6 is 16.1 Å². The molecule has 0 aliphatic rings. The standard InChI is InChI=1S/C2H6O6P2/c1-6-9(3)8-10(4,5)7-2/h1-2H3/p+1. The lowest BCUT2D eigenvalue weighted by molar-refractivity contribution is 0.230. The van der Waals surface area contributed by atoms with Crippen LogP contribution in [-0.4, -0.2) is 19.1 Å². The molecule has 0 saturated carbocycles. The van der Waals surface area contributed by atoms with E-state index in [2.05, 4.69) is 13.4 Å². The quantitative estimate of drug-likeness (QED) is 0.665. The average molecular weight is 189 g/mol. The molecule has 0 spiro atoms. The van der Waals surface area contributed by atoms with Gasteiger partial charge in [-0.25, -0.2) is 4.57 Å². The van der Waals surface area contributed by atoms with Gasteiger partial charge in [-0.05, 0) is 4.31 Å². The van der Waals surface area contributed by atoms with Crippen molar-refractivity contribution in [2.24, 2.45) is 0 Å². The molecule has 2 atom stereocenters. The van der Waals surface area contributed by atoms with Crippen molar-refractivity contribution in [3.63, 3.8) is 0 Å². The Morgan fingerprint density at radius 2 is 2.00 bits per heavy atom. The molecule has 10 heavy (non-hydrogen) atoms. The van der Waals surface area contributed by atoms with E-state index in [1.807, 2.05) is 0 Å². The molecule has 2 unspecified atom stereocenters. The van der Waals surface area contributed by atoms with E-state index in [0.29, 0.717) is 0 Å². The molecule has 0 fully saturated rings. The lowest BCUT2D eigenvalue weighted by Gasteiger charge is -1.96. The van der Waals surface area contributed by atoms with Crippen molar-refractivity contribution in [1.29, 1.82) is 0 Å². The van der Waals surface area contributed by atoms with Crippen molar-refractivity contribution in [1.82, 2.24) is 0 Å². The lowest BCUT2D eigenvalue weighted by Crippen LogP contribution is -1.83. The molecule has 0 aromatic rings. The van der Waals surface area contributed by atoms with Gasteiger partial charge in [0.1, 0.15) is 0 Å². The highest BCUT2D eigenvalue weighted by Gasteiger charge is 2.35. The molecule has 1 N–H and O–H groups in total. The minimum Gasteiger partial charge on any atom is -0.300 e. The van der Waals surface area contributed by atoms with Crippen molar-refractivity contribution in [3.05, 3.63) is 0 Å². The van der Waals surface area contributed by atoms with Gasteiger partial charge in [-0.2, -0.15) is 0 Å². The molecule has 60 valence electrons. The van der Waals surface area contributed by atoms with Crippen LogP contribution in [0.5, 0.6) is 0 Å². The second-order valence-electron chi connectivity index (χ2n) is 1.14. The van der Waals surface area contributed by atoms with Crippen molar-refractivity contribution in [3.8, 4) is 0 Å². The van der Waals surface area contributed by atoms with Gasteiger partial charge in [-0.3, -0.25) is 9.42 Å². The third-order valence-electron chi connectivity index (χ3n) is 0.550. The van der Waals surface area contributed by atoms with Crippen LogP contribution in [0.15, 0.2) is 0 Å². The van der Waals surface area contributed by atoms with Crippen molar-refractivity contribution < 1.29 is 27.4 Å². The van der Waals surface area contributed by atoms with Gasteiger partial charge in [0, 0.05) is 11.7 Å². The van der Waals surface area contributed by atoms with Crippen molar-refractivity contribution >= 4 is 16.1 Å². The van der Waals surface area contributed by atoms with Crippen LogP contribution in [-0.2, 0) is 22.5 Å². The van der Waals surface area contributed by atoms with Gasteiger partial charge >= 0.3 is 16.1 Å². The van der Waals surface area contributed by atoms with Crippen LogP contribution in [0.25, 0.3) is 0 Å². The Kier molecular flexibility index (Phi) is 4.20. The average Bonchev–Trinajstić information content (AvgIpc) is 1.87. The predicted molar refractivity (Wildman–Crippen MR) is 32.5 cm³/mol. The first-order valence-corrected chi connectivity index (χ1v) is 4.70. The van der Waals surface area contributed by atoms with E-state index in [4.69, 9.17) is 4.89 Å². The Labute approximate surface area is 58.7 Å². The maximum absolute atomic E-state index is 10.4. The van der Waals surface area contributed by atoms with E-state index < -0.39 is 16.1 Å². The summed E-state index contributed by atoms with van der Waals surface area (Å²) in [5, 5.41) is 0. The largest absolute Gasteiger partial charge is 0.708 e. The number of phosphoric ester groups is 1. The third-order valence-corrected chi connectivity index (χ3v) is 2.67. The number of phosphoric acid groups is 1. The number of rotatable bonds is 4. The van der Waals surface area contributed by atoms with Crippen LogP contribution < -0.4 is 0 Å². The summed E-state index contributed by atoms with van der Waals surface area (Å²) >= 11 is 0. The SMILES string of the molecule is CO[P+](=O)OP(=O)(O)OC. The van der Waals surface area contributed by atoms with E-state index in [9.17, 15) is 9.13 Å². The van der Waals surface area contributed by atoms with E-state index in [0.717, 1.165) is 14.2 Å². The minimum absolute atomic E-state index is 0.958. The Hall–Kier alpha value is 0.170. The lowest BCUT2D eigenvalue weighted by atomic mass is 11.8. The van der Waals surface area contributed by atoms with Crippen molar-refractivity contribution in [2.45, 2.75) is 0 Å². The van der Waals surface area contributed by atoms with Crippen LogP contribution in [0.4, 0.5) is 0 Å². The Morgan fingerprint density at radius 3 is 2.30 bits per heavy atom. The second-order valence-corrected chi connectivity index (χ2v) is 3.91. The summed E-state index contributed by atoms with van der Waals surface area (Å²) < 4.78 is 32.6. The molecule has 0 amide bonds. The first-order valence-electron chi connectivity index (χ1n) is 2.11. The smallest absolute Gasteiger partial charge is 0.300 e. The highest BCUT2D eigenvalue weighted by Crippen LogP contribution is 2.51. The molecule has 8 heteroatoms. The topological polar surface area (TPSA) is 82.1 Å². The summed E-state index contributed by atoms with van der Waals surface area (Å²) in [7, 11) is -4.68. The Bertz CT molecular complexity index is 165. The van der Waals surface area contributed by atoms with Gasteiger partial charge in [0.2, 0.25) is 0 Å². The summed E-state index contributed by atoms with van der Waals surface area (Å²) in [6, 6.07) is 0. The van der Waals surface area contributed by atoms with Gasteiger partial charge in [-0.1, -0.05) is 0 Å². The number of hydrogen-bond donors (Lipinski definition) is 1. The molecule has 6 nitrogen and oxygen atoms in total. The molecule has 0 bridgehead atoms. The summed E-state index contributed by atoms with van der Waals surface area (Å²) in [4.78, 5) is 8.47. The molecule has 0 saturated heterocycles. The van der Waals surface area contributed by atoms with E-state index in [-0.39, 0.29) is 0 Å². The van der Waals surface area contributed by atoms with Crippen LogP contribution in [0.2, 0.25) is 0 Å². The van der Waals surface area contributed by atoms with Gasteiger partial charge < -0.3 is 0 Å². The van der Waals surface area contributed by atoms with Gasteiger partial charge in [0.25, 0.3) is 0 Å². The highest BCUT2D eigenvalue weighted by atomic mass is 31.2. The predicted octanol–water partition coefficient (Wildman–Crippen LogP) is 1.05. The van der Waals surface area contributed by atoms with E-state index >= 15 is 0 Å². The Morgan fingerprint density at radius 1 is 1.50 bits per heavy atom. The fourth-order valence-electron chi connectivity index (χ4n) is 0.151. The fraction of sp³-hybridized carbons (Fsp3) is 1.00. The zero-order valence-corrected chi connectivity index (χ0v) is 7.17. The van der Waals surface area contributed by atoms with E-state index in [1.54, 1.807) is 0 Å². The van der Waals surface area contributed by atoms with E-state index in [1.165, 1.54) is 0 Å². The summed E-state index contributed by atoms with van der Waals surface area (Å²) in [5.74, 6) is 0. The fourth-order valence-corrected chi connectivity index (χ4v) is 1.36. The van der Waals surface area contributed by atoms with Gasteiger partial charge in [-0.15, -0.1) is 4.52 Å². The second kappa shape index (κ2) is 4.13. The molecule has 0 heterocycles. The molecular weight excluding hydrogens is 182 g/mol. The maximum Gasteiger partial charge on any atom is 0.708 e. The summed E-state index contributed by atoms with van der Waals surface area (Å²) in [6.45, 7) is 0. The Balaban J connectivity index is 3.89. The third kappa shape index (κ3) is 4.06. The van der Waals surface area contributed by atoms with Crippen LogP contribution in [0.1, 0.15) is 0 Å². The zero-order valence-electron chi connectivity index (χ0n) is 5.38. The summed E-state index contributed by atoms with van der Waals surface area (Å²) in [6.07, 6.45) is 0. The van der Waals surface area contributed by atoms with Crippen LogP contribution in [0.3, 0.4) is 0 Å². The van der Waals surface area contributed by atoms with Gasteiger partial charge in [0.05, 0.1) is 7.11 Å². The zero-order chi connectivity index (χ0) is 8.20. The molecular formula is C2H7O6P2+. The first kappa shape index (κ1) is 10.2. The monoisotopic (exact) mass is 189 g/mol. The molecule has 0 rings (SSSR count). The maximum atomic E-state index is 10.4. The molecule has 0 aliphatic carbocycles. The molecule has 0 aromatic heterocycles. The van der Waals surface area contributed by atoms with Crippen LogP contribution in [0, 0.1) is 0 Å². The highest BCUT2D eigenvalue weighted by molar-refractivity contribution is 7.55. The normalized spacial score (nSPS) is 18.1. The van der Waals surface area contributed by atoms with Crippen molar-refractivity contribution in [2.75, 3.05) is 14.2 Å². The first-order chi connectivity index (χ1) is 4.52. The molecule has 0 aromatic carbocycles. The minimum atomic E-state index is -4.15. The molecule has 0 radical (unpaired) electrons. The van der Waals surface area contributed by atoms with Gasteiger partial charge in [0.15, 0.2) is 0 Å². The number of hydrogen-bond acceptors (Lipinski definition) is 5. The molecule has 0 aliphatic heterocycles. The summed E-state index contributed by atoms with van der Waals surface area (Å²) in [5.41, 5.74) is 0.